The van der Waals surface area contributed by atoms with Gasteiger partial charge in [-0.2, -0.15) is 4.31 Å². The first-order valence-electron chi connectivity index (χ1n) is 12.9. The summed E-state index contributed by atoms with van der Waals surface area (Å²) in [6, 6.07) is 6.70. The maximum Gasteiger partial charge on any atom is 0.410 e. The van der Waals surface area contributed by atoms with Crippen LogP contribution in [0.1, 0.15) is 51.4 Å². The summed E-state index contributed by atoms with van der Waals surface area (Å²) in [6.45, 7) is 3.81. The number of halogens is 1. The molecule has 2 bridgehead atoms. The fourth-order valence-electron chi connectivity index (χ4n) is 7.03. The summed E-state index contributed by atoms with van der Waals surface area (Å²) >= 11 is 5.98. The van der Waals surface area contributed by atoms with Crippen LogP contribution in [0, 0.1) is 11.8 Å². The number of hydrogen-bond donors (Lipinski definition) is 0. The van der Waals surface area contributed by atoms with Gasteiger partial charge in [0.05, 0.1) is 10.9 Å². The topological polar surface area (TPSA) is 70.2 Å². The van der Waals surface area contributed by atoms with Crippen LogP contribution in [0.25, 0.3) is 0 Å². The van der Waals surface area contributed by atoms with Gasteiger partial charge in [0.1, 0.15) is 6.10 Å². The molecule has 34 heavy (non-hydrogen) atoms. The number of rotatable bonds is 4. The van der Waals surface area contributed by atoms with Crippen LogP contribution in [-0.2, 0) is 14.8 Å². The number of amides is 1. The Balaban J connectivity index is 1.13. The van der Waals surface area contributed by atoms with Gasteiger partial charge in [-0.15, -0.1) is 0 Å². The molecule has 0 N–H and O–H groups in total. The molecule has 0 spiro atoms. The maximum absolute atomic E-state index is 13.6. The van der Waals surface area contributed by atoms with Gasteiger partial charge < -0.3 is 14.5 Å². The van der Waals surface area contributed by atoms with E-state index in [0.29, 0.717) is 22.9 Å². The quantitative estimate of drug-likeness (QED) is 0.616. The minimum Gasteiger partial charge on any atom is -0.444 e. The molecule has 1 aliphatic carbocycles. The van der Waals surface area contributed by atoms with Gasteiger partial charge in [0.15, 0.2) is 0 Å². The van der Waals surface area contributed by atoms with Crippen LogP contribution < -0.4 is 0 Å². The highest BCUT2D eigenvalue weighted by Gasteiger charge is 2.65. The lowest BCUT2D eigenvalue weighted by Crippen LogP contribution is -2.54. The van der Waals surface area contributed by atoms with Gasteiger partial charge in [-0.3, -0.25) is 0 Å². The van der Waals surface area contributed by atoms with Gasteiger partial charge in [0, 0.05) is 36.1 Å². The molecule has 5 fully saturated rings. The third kappa shape index (κ3) is 4.04. The monoisotopic (exact) mass is 507 g/mol. The smallest absolute Gasteiger partial charge is 0.410 e. The van der Waals surface area contributed by atoms with E-state index in [1.54, 1.807) is 28.6 Å². The lowest BCUT2D eigenvalue weighted by Gasteiger charge is -2.41. The number of benzene rings is 1. The van der Waals surface area contributed by atoms with Crippen molar-refractivity contribution in [2.75, 3.05) is 26.2 Å². The lowest BCUT2D eigenvalue weighted by molar-refractivity contribution is -0.00334. The molecular formula is C25H34ClN3O4S. The fourth-order valence-corrected chi connectivity index (χ4v) is 9.08. The van der Waals surface area contributed by atoms with E-state index in [1.165, 1.54) is 32.4 Å². The Morgan fingerprint density at radius 3 is 2.26 bits per heavy atom. The summed E-state index contributed by atoms with van der Waals surface area (Å²) in [4.78, 5) is 17.9. The average Bonchev–Trinajstić information content (AvgIpc) is 3.56. The molecule has 1 saturated carbocycles. The molecule has 4 heterocycles. The summed E-state index contributed by atoms with van der Waals surface area (Å²) in [6.07, 6.45) is 7.81. The van der Waals surface area contributed by atoms with E-state index in [0.717, 1.165) is 45.2 Å². The van der Waals surface area contributed by atoms with Crippen molar-refractivity contribution in [1.82, 2.24) is 14.1 Å². The number of carbonyl (C=O) groups is 1. The van der Waals surface area contributed by atoms with Crippen molar-refractivity contribution in [1.29, 1.82) is 0 Å². The zero-order chi connectivity index (χ0) is 23.4. The van der Waals surface area contributed by atoms with Crippen LogP contribution in [0.3, 0.4) is 0 Å². The molecule has 1 amide bonds. The van der Waals surface area contributed by atoms with Crippen molar-refractivity contribution in [3.05, 3.63) is 29.3 Å². The van der Waals surface area contributed by atoms with E-state index < -0.39 is 10.0 Å². The SMILES string of the molecule is O=C(O[C@@H]1C2CCC([C@@H]3C[C@H]13)N2S(=O)(=O)c1ccc(Cl)cc1)N1CCC(N2CCCCC2)CC1. The standard InChI is InChI=1S/C25H34ClN3O4S/c26-17-4-6-19(7-5-17)34(31,32)29-22-8-9-23(29)24(21-16-20(21)22)33-25(30)28-14-10-18(11-15-28)27-12-2-1-3-13-27/h4-7,18,20-24H,1-3,8-16H2/t20-,21+,22?,23?,24+/m1/s1. The Labute approximate surface area is 207 Å². The van der Waals surface area contributed by atoms with Crippen molar-refractivity contribution in [2.24, 2.45) is 11.8 Å². The number of piperidine rings is 3. The molecule has 9 heteroatoms. The Bertz CT molecular complexity index is 1020. The number of carbonyl (C=O) groups excluding carboxylic acids is 1. The summed E-state index contributed by atoms with van der Waals surface area (Å²) in [7, 11) is -3.67. The highest BCUT2D eigenvalue weighted by Crippen LogP contribution is 2.58. The zero-order valence-electron chi connectivity index (χ0n) is 19.5. The number of fused-ring (bicyclic) bond motifs is 4. The molecule has 6 rings (SSSR count). The predicted molar refractivity (Wildman–Crippen MR) is 129 cm³/mol. The second-order valence-corrected chi connectivity index (χ2v) is 13.0. The lowest BCUT2D eigenvalue weighted by atomic mass is 10.00. The first kappa shape index (κ1) is 23.1. The minimum atomic E-state index is -3.67. The minimum absolute atomic E-state index is 0.0194. The van der Waals surface area contributed by atoms with Gasteiger partial charge in [-0.05, 0) is 88.2 Å². The molecule has 4 saturated heterocycles. The van der Waals surface area contributed by atoms with E-state index >= 15 is 0 Å². The summed E-state index contributed by atoms with van der Waals surface area (Å²) in [5, 5.41) is 0.513. The van der Waals surface area contributed by atoms with Crippen LogP contribution in [0.4, 0.5) is 4.79 Å². The van der Waals surface area contributed by atoms with Crippen LogP contribution in [0.5, 0.6) is 0 Å². The molecule has 186 valence electrons. The number of hydrogen-bond acceptors (Lipinski definition) is 5. The van der Waals surface area contributed by atoms with E-state index in [4.69, 9.17) is 16.3 Å². The molecule has 2 unspecified atom stereocenters. The van der Waals surface area contributed by atoms with Crippen LogP contribution >= 0.6 is 11.6 Å². The Kier molecular flexibility index (Phi) is 6.07. The van der Waals surface area contributed by atoms with Gasteiger partial charge in [0.2, 0.25) is 10.0 Å². The molecule has 1 aromatic carbocycles. The molecule has 7 nitrogen and oxygen atoms in total. The largest absolute Gasteiger partial charge is 0.444 e. The second kappa shape index (κ2) is 8.95. The molecule has 5 atom stereocenters. The maximum atomic E-state index is 13.6. The number of nitrogens with zero attached hydrogens (tertiary/aromatic N) is 3. The van der Waals surface area contributed by atoms with E-state index in [1.807, 2.05) is 4.90 Å². The summed E-state index contributed by atoms with van der Waals surface area (Å²) in [5.41, 5.74) is 0. The molecule has 5 aliphatic rings. The van der Waals surface area contributed by atoms with Gasteiger partial charge in [-0.1, -0.05) is 18.0 Å². The number of sulfonamides is 1. The molecule has 0 aromatic heterocycles. The first-order chi connectivity index (χ1) is 16.4. The van der Waals surface area contributed by atoms with Gasteiger partial charge >= 0.3 is 6.09 Å². The highest BCUT2D eigenvalue weighted by molar-refractivity contribution is 7.89. The fraction of sp³-hybridized carbons (Fsp3) is 0.720. The average molecular weight is 508 g/mol. The van der Waals surface area contributed by atoms with E-state index in [2.05, 4.69) is 4.90 Å². The molecule has 4 aliphatic heterocycles. The van der Waals surface area contributed by atoms with Crippen molar-refractivity contribution in [3.8, 4) is 0 Å². The number of ether oxygens (including phenoxy) is 1. The molecule has 1 aromatic rings. The summed E-state index contributed by atoms with van der Waals surface area (Å²) < 4.78 is 34.9. The van der Waals surface area contributed by atoms with Crippen molar-refractivity contribution < 1.29 is 17.9 Å². The summed E-state index contributed by atoms with van der Waals surface area (Å²) in [5.74, 6) is 0.590. The third-order valence-corrected chi connectivity index (χ3v) is 11.1. The predicted octanol–water partition coefficient (Wildman–Crippen LogP) is 3.97. The second-order valence-electron chi connectivity index (χ2n) is 10.7. The highest BCUT2D eigenvalue weighted by atomic mass is 35.5. The van der Waals surface area contributed by atoms with Gasteiger partial charge in [0.25, 0.3) is 0 Å². The zero-order valence-corrected chi connectivity index (χ0v) is 21.1. The first-order valence-corrected chi connectivity index (χ1v) is 14.7. The Hall–Kier alpha value is -1.35. The van der Waals surface area contributed by atoms with Crippen molar-refractivity contribution in [2.45, 2.75) is 80.5 Å². The van der Waals surface area contributed by atoms with Gasteiger partial charge in [-0.25, -0.2) is 13.2 Å². The van der Waals surface area contributed by atoms with E-state index in [-0.39, 0.29) is 29.2 Å². The van der Waals surface area contributed by atoms with Crippen LogP contribution in [0.2, 0.25) is 5.02 Å². The Morgan fingerprint density at radius 1 is 0.882 bits per heavy atom. The van der Waals surface area contributed by atoms with Crippen molar-refractivity contribution in [3.63, 3.8) is 0 Å². The van der Waals surface area contributed by atoms with E-state index in [9.17, 15) is 13.2 Å². The third-order valence-electron chi connectivity index (χ3n) is 8.85. The van der Waals surface area contributed by atoms with Crippen molar-refractivity contribution >= 4 is 27.7 Å². The normalized spacial score (nSPS) is 34.6. The van der Waals surface area contributed by atoms with Crippen LogP contribution in [-0.4, -0.2) is 79.0 Å². The Morgan fingerprint density at radius 2 is 1.56 bits per heavy atom. The molecular weight excluding hydrogens is 474 g/mol. The molecule has 0 radical (unpaired) electrons. The number of likely N-dealkylation sites (tertiary alicyclic amines) is 2. The van der Waals surface area contributed by atoms with Crippen LogP contribution in [0.15, 0.2) is 29.2 Å².